The molecule has 0 radical (unpaired) electrons. The highest BCUT2D eigenvalue weighted by Gasteiger charge is 2.36. The number of amidine groups is 1. The average Bonchev–Trinajstić information content (AvgIpc) is 2.98. The van der Waals surface area contributed by atoms with Crippen LogP contribution in [0.4, 0.5) is 15.8 Å². The van der Waals surface area contributed by atoms with Crippen LogP contribution in [0.25, 0.3) is 0 Å². The molecule has 0 bridgehead atoms. The van der Waals surface area contributed by atoms with Crippen LogP contribution >= 0.6 is 11.8 Å². The molecule has 1 heterocycles. The van der Waals surface area contributed by atoms with Crippen molar-refractivity contribution < 1.29 is 33.0 Å². The normalized spacial score (nSPS) is 15.9. The zero-order valence-electron chi connectivity index (χ0n) is 22.5. The molecule has 3 aromatic carbocycles. The second-order valence-corrected chi connectivity index (χ2v) is 10.1. The molecule has 41 heavy (non-hydrogen) atoms. The maximum Gasteiger partial charge on any atom is 0.338 e. The van der Waals surface area contributed by atoms with Crippen LogP contribution in [0.3, 0.4) is 0 Å². The smallest absolute Gasteiger partial charge is 0.338 e. The topological polar surface area (TPSA) is 114 Å². The number of esters is 2. The lowest BCUT2D eigenvalue weighted by Crippen LogP contribution is -2.46. The predicted molar refractivity (Wildman–Crippen MR) is 154 cm³/mol. The summed E-state index contributed by atoms with van der Waals surface area (Å²) in [6, 6.07) is 18.7. The SMILES string of the molecule is CCOC(=O)c1ccc(N=C2S[C@H](C(=O)Nc3ccc(C(=O)OC)cc3)CC(=O)N2CCc2ccc(F)cc2)cc1. The zero-order valence-corrected chi connectivity index (χ0v) is 23.3. The maximum atomic E-state index is 13.3. The molecule has 212 valence electrons. The molecule has 0 aliphatic carbocycles. The molecule has 9 nitrogen and oxygen atoms in total. The van der Waals surface area contributed by atoms with E-state index in [1.807, 2.05) is 0 Å². The van der Waals surface area contributed by atoms with E-state index in [2.05, 4.69) is 10.3 Å². The Hall–Kier alpha value is -4.51. The number of nitrogens with zero attached hydrogens (tertiary/aromatic N) is 2. The van der Waals surface area contributed by atoms with Gasteiger partial charge in [-0.1, -0.05) is 23.9 Å². The van der Waals surface area contributed by atoms with Crippen molar-refractivity contribution in [2.75, 3.05) is 25.6 Å². The Bertz CT molecular complexity index is 1440. The number of anilines is 1. The first-order valence-corrected chi connectivity index (χ1v) is 13.7. The molecule has 11 heteroatoms. The quantitative estimate of drug-likeness (QED) is 0.356. The predicted octanol–water partition coefficient (Wildman–Crippen LogP) is 4.99. The van der Waals surface area contributed by atoms with Crippen molar-refractivity contribution in [2.45, 2.75) is 25.0 Å². The van der Waals surface area contributed by atoms with E-state index in [9.17, 15) is 23.6 Å². The van der Waals surface area contributed by atoms with Crippen LogP contribution < -0.4 is 5.32 Å². The lowest BCUT2D eigenvalue weighted by atomic mass is 10.1. The number of thioether (sulfide) groups is 1. The maximum absolute atomic E-state index is 13.3. The van der Waals surface area contributed by atoms with Gasteiger partial charge in [0, 0.05) is 18.7 Å². The van der Waals surface area contributed by atoms with E-state index in [-0.39, 0.29) is 31.3 Å². The van der Waals surface area contributed by atoms with Crippen LogP contribution in [0.15, 0.2) is 77.8 Å². The monoisotopic (exact) mass is 577 g/mol. The minimum Gasteiger partial charge on any atom is -0.465 e. The molecular weight excluding hydrogens is 549 g/mol. The van der Waals surface area contributed by atoms with E-state index in [1.165, 1.54) is 36.3 Å². The number of amides is 2. The highest BCUT2D eigenvalue weighted by Crippen LogP contribution is 2.30. The first kappa shape index (κ1) is 29.5. The molecule has 4 rings (SSSR count). The zero-order chi connectivity index (χ0) is 29.4. The van der Waals surface area contributed by atoms with E-state index in [0.717, 1.165) is 17.3 Å². The number of nitrogens with one attached hydrogen (secondary N) is 1. The first-order valence-electron chi connectivity index (χ1n) is 12.8. The molecule has 1 aliphatic rings. The third-order valence-electron chi connectivity index (χ3n) is 6.15. The van der Waals surface area contributed by atoms with Gasteiger partial charge >= 0.3 is 11.9 Å². The Morgan fingerprint density at radius 1 is 0.976 bits per heavy atom. The van der Waals surface area contributed by atoms with Crippen molar-refractivity contribution >= 4 is 52.1 Å². The summed E-state index contributed by atoms with van der Waals surface area (Å²) in [5.41, 5.74) is 2.50. The van der Waals surface area contributed by atoms with Crippen molar-refractivity contribution in [3.63, 3.8) is 0 Å². The number of ether oxygens (including phenoxy) is 2. The number of aliphatic imine (C=N–C) groups is 1. The number of halogens is 1. The summed E-state index contributed by atoms with van der Waals surface area (Å²) in [5, 5.41) is 2.35. The van der Waals surface area contributed by atoms with E-state index in [0.29, 0.717) is 34.1 Å². The Balaban J connectivity index is 1.54. The molecule has 1 atom stereocenters. The summed E-state index contributed by atoms with van der Waals surface area (Å²) in [4.78, 5) is 56.3. The fraction of sp³-hybridized carbons (Fsp3) is 0.233. The van der Waals surface area contributed by atoms with Gasteiger partial charge in [0.2, 0.25) is 11.8 Å². The lowest BCUT2D eigenvalue weighted by molar-refractivity contribution is -0.129. The van der Waals surface area contributed by atoms with Gasteiger partial charge in [0.15, 0.2) is 5.17 Å². The number of hydrogen-bond acceptors (Lipinski definition) is 8. The summed E-state index contributed by atoms with van der Waals surface area (Å²) in [6.07, 6.45) is 0.401. The molecule has 2 amide bonds. The highest BCUT2D eigenvalue weighted by molar-refractivity contribution is 8.15. The van der Waals surface area contributed by atoms with Crippen molar-refractivity contribution in [3.8, 4) is 0 Å². The summed E-state index contributed by atoms with van der Waals surface area (Å²) < 4.78 is 23.1. The summed E-state index contributed by atoms with van der Waals surface area (Å²) in [5.74, 6) is -1.97. The number of carbonyl (C=O) groups excluding carboxylic acids is 4. The van der Waals surface area contributed by atoms with Gasteiger partial charge in [0.1, 0.15) is 11.1 Å². The van der Waals surface area contributed by atoms with Crippen molar-refractivity contribution in [1.82, 2.24) is 4.90 Å². The summed E-state index contributed by atoms with van der Waals surface area (Å²) >= 11 is 1.15. The Morgan fingerprint density at radius 2 is 1.61 bits per heavy atom. The van der Waals surface area contributed by atoms with Gasteiger partial charge in [-0.05, 0) is 79.6 Å². The largest absolute Gasteiger partial charge is 0.465 e. The molecular formula is C30H28FN3O6S. The van der Waals surface area contributed by atoms with Gasteiger partial charge in [-0.15, -0.1) is 0 Å². The molecule has 1 saturated heterocycles. The van der Waals surface area contributed by atoms with Gasteiger partial charge in [-0.3, -0.25) is 14.5 Å². The fourth-order valence-corrected chi connectivity index (χ4v) is 5.11. The molecule has 1 aliphatic heterocycles. The molecule has 1 fully saturated rings. The van der Waals surface area contributed by atoms with E-state index in [1.54, 1.807) is 55.5 Å². The summed E-state index contributed by atoms with van der Waals surface area (Å²) in [6.45, 7) is 2.25. The van der Waals surface area contributed by atoms with Crippen LogP contribution in [-0.2, 0) is 25.5 Å². The second-order valence-electron chi connectivity index (χ2n) is 8.95. The third-order valence-corrected chi connectivity index (χ3v) is 7.33. The molecule has 0 spiro atoms. The minimum atomic E-state index is -0.762. The number of hydrogen-bond donors (Lipinski definition) is 1. The van der Waals surface area contributed by atoms with E-state index < -0.39 is 23.1 Å². The standard InChI is InChI=1S/C30H28FN3O6S/c1-3-40-29(38)21-8-14-24(15-9-21)33-30-34(17-16-19-4-10-22(31)11-5-19)26(35)18-25(41-30)27(36)32-23-12-6-20(7-13-23)28(37)39-2/h4-15,25H,3,16-18H2,1-2H3,(H,32,36)/t25-/m0/s1. The Labute approximate surface area is 240 Å². The molecule has 0 aromatic heterocycles. The lowest BCUT2D eigenvalue weighted by Gasteiger charge is -2.32. The minimum absolute atomic E-state index is 0.0546. The van der Waals surface area contributed by atoms with Gasteiger partial charge in [-0.25, -0.2) is 19.0 Å². The van der Waals surface area contributed by atoms with Crippen molar-refractivity contribution in [1.29, 1.82) is 0 Å². The second kappa shape index (κ2) is 13.7. The van der Waals surface area contributed by atoms with Crippen molar-refractivity contribution in [3.05, 3.63) is 95.3 Å². The molecule has 3 aromatic rings. The van der Waals surface area contributed by atoms with Crippen molar-refractivity contribution in [2.24, 2.45) is 4.99 Å². The number of benzene rings is 3. The number of carbonyl (C=O) groups is 4. The van der Waals surface area contributed by atoms with Gasteiger partial charge < -0.3 is 14.8 Å². The van der Waals surface area contributed by atoms with Crippen LogP contribution in [0.5, 0.6) is 0 Å². The van der Waals surface area contributed by atoms with Gasteiger partial charge in [0.25, 0.3) is 0 Å². The van der Waals surface area contributed by atoms with Gasteiger partial charge in [0.05, 0.1) is 30.5 Å². The first-order chi connectivity index (χ1) is 19.8. The third kappa shape index (κ3) is 7.79. The highest BCUT2D eigenvalue weighted by atomic mass is 32.2. The van der Waals surface area contributed by atoms with Crippen LogP contribution in [0, 0.1) is 5.82 Å². The Kier molecular flexibility index (Phi) is 9.86. The van der Waals surface area contributed by atoms with Crippen LogP contribution in [-0.4, -0.2) is 59.3 Å². The summed E-state index contributed by atoms with van der Waals surface area (Å²) in [7, 11) is 1.28. The molecule has 1 N–H and O–H groups in total. The Morgan fingerprint density at radius 3 is 2.24 bits per heavy atom. The number of methoxy groups -OCH3 is 1. The van der Waals surface area contributed by atoms with Gasteiger partial charge in [-0.2, -0.15) is 0 Å². The molecule has 0 saturated carbocycles. The average molecular weight is 578 g/mol. The van der Waals surface area contributed by atoms with E-state index >= 15 is 0 Å². The van der Waals surface area contributed by atoms with E-state index in [4.69, 9.17) is 9.47 Å². The molecule has 0 unspecified atom stereocenters. The van der Waals surface area contributed by atoms with Crippen LogP contribution in [0.1, 0.15) is 39.6 Å². The fourth-order valence-electron chi connectivity index (χ4n) is 3.98. The van der Waals surface area contributed by atoms with Crippen LogP contribution in [0.2, 0.25) is 0 Å². The number of rotatable bonds is 9.